The van der Waals surface area contributed by atoms with E-state index in [1.165, 1.54) is 45.8 Å². The van der Waals surface area contributed by atoms with E-state index in [0.717, 1.165) is 15.5 Å². The number of nitrogens with one attached hydrogen (secondary N) is 6. The van der Waals surface area contributed by atoms with Crippen molar-refractivity contribution in [2.45, 2.75) is 89.2 Å². The summed E-state index contributed by atoms with van der Waals surface area (Å²) in [5.74, 6) is -3.39. The van der Waals surface area contributed by atoms with Crippen LogP contribution in [0, 0.1) is 6.92 Å². The number of nitrogens with two attached hydrogens (primary N) is 1. The molecule has 8 atom stereocenters. The van der Waals surface area contributed by atoms with Crippen LogP contribution in [0.4, 0.5) is 4.79 Å². The number of hydrogen-bond acceptors (Lipinski definition) is 10. The van der Waals surface area contributed by atoms with Crippen molar-refractivity contribution in [3.8, 4) is 0 Å². The largest absolute Gasteiger partial charge is 0.480 e. The Labute approximate surface area is 297 Å². The molecule has 0 radical (unpaired) electrons. The fraction of sp³-hybridized carbons (Fsp3) is 0.485. The van der Waals surface area contributed by atoms with Gasteiger partial charge in [0.05, 0.1) is 18.2 Å². The highest BCUT2D eigenvalue weighted by atomic mass is 16.5. The predicted octanol–water partition coefficient (Wildman–Crippen LogP) is -1.85. The molecule has 19 heteroatoms. The molecule has 3 heterocycles. The normalized spacial score (nSPS) is 19.9. The van der Waals surface area contributed by atoms with Gasteiger partial charge in [-0.3, -0.25) is 28.7 Å². The molecule has 52 heavy (non-hydrogen) atoms. The number of carboxylic acids is 1. The first-order valence-electron chi connectivity index (χ1n) is 16.6. The SMILES string of the molecule is Cc1cn(C2OC(CNC(=O)[C@@H](NC(=O)[C@H](C)NC(=O)N[C@@H](Cc3c[nH]c4ccccc34)C(=O)O)[C@H](C)N(C)C(=O)[C@H](C)N)CC2O)c(=O)[nH]c1=O. The number of aliphatic carboxylic acids is 1. The van der Waals surface area contributed by atoms with E-state index in [4.69, 9.17) is 10.5 Å². The zero-order valence-electron chi connectivity index (χ0n) is 29.3. The molecule has 3 aromatic rings. The maximum atomic E-state index is 13.6. The highest BCUT2D eigenvalue weighted by Gasteiger charge is 2.38. The lowest BCUT2D eigenvalue weighted by Crippen LogP contribution is -2.62. The molecule has 19 nitrogen and oxygen atoms in total. The molecule has 1 aliphatic rings. The van der Waals surface area contributed by atoms with Crippen LogP contribution in [0.1, 0.15) is 44.5 Å². The lowest BCUT2D eigenvalue weighted by molar-refractivity contribution is -0.139. The number of rotatable bonds is 14. The van der Waals surface area contributed by atoms with Crippen LogP contribution in [0.25, 0.3) is 10.9 Å². The third-order valence-corrected chi connectivity index (χ3v) is 8.94. The Kier molecular flexibility index (Phi) is 12.6. The Morgan fingerprint density at radius 1 is 1.08 bits per heavy atom. The molecule has 5 amide bonds. The van der Waals surface area contributed by atoms with E-state index in [1.54, 1.807) is 12.3 Å². The van der Waals surface area contributed by atoms with Crippen molar-refractivity contribution in [1.82, 2.24) is 40.7 Å². The number of aryl methyl sites for hydroxylation is 1. The zero-order chi connectivity index (χ0) is 38.4. The molecule has 4 rings (SSSR count). The summed E-state index contributed by atoms with van der Waals surface area (Å²) in [4.78, 5) is 95.0. The number of aliphatic hydroxyl groups excluding tert-OH is 1. The molecule has 0 aliphatic carbocycles. The monoisotopic (exact) mass is 727 g/mol. The average Bonchev–Trinajstić information content (AvgIpc) is 3.68. The van der Waals surface area contributed by atoms with E-state index in [9.17, 15) is 43.8 Å². The number of carboxylic acid groups (broad SMARTS) is 1. The first kappa shape index (κ1) is 39.3. The quantitative estimate of drug-likeness (QED) is 0.0889. The van der Waals surface area contributed by atoms with Crippen LogP contribution in [0.2, 0.25) is 0 Å². The molecule has 10 N–H and O–H groups in total. The van der Waals surface area contributed by atoms with Crippen LogP contribution in [0.15, 0.2) is 46.2 Å². The molecular formula is C33H45N9O10. The van der Waals surface area contributed by atoms with Crippen molar-refractivity contribution < 1.29 is 38.9 Å². The second-order valence-corrected chi connectivity index (χ2v) is 12.9. The molecule has 0 bridgehead atoms. The van der Waals surface area contributed by atoms with E-state index in [0.29, 0.717) is 5.56 Å². The number of carbonyl (C=O) groups excluding carboxylic acids is 4. The van der Waals surface area contributed by atoms with Gasteiger partial charge in [0.1, 0.15) is 24.2 Å². The van der Waals surface area contributed by atoms with Gasteiger partial charge in [-0.25, -0.2) is 14.4 Å². The maximum Gasteiger partial charge on any atom is 0.330 e. The number of urea groups is 1. The van der Waals surface area contributed by atoms with E-state index >= 15 is 0 Å². The summed E-state index contributed by atoms with van der Waals surface area (Å²) in [5.41, 5.74) is 6.09. The van der Waals surface area contributed by atoms with Gasteiger partial charge in [-0.1, -0.05) is 18.2 Å². The fourth-order valence-electron chi connectivity index (χ4n) is 5.82. The van der Waals surface area contributed by atoms with Gasteiger partial charge in [-0.2, -0.15) is 0 Å². The summed E-state index contributed by atoms with van der Waals surface area (Å²) in [6.07, 6.45) is -0.200. The van der Waals surface area contributed by atoms with Gasteiger partial charge in [0.15, 0.2) is 6.23 Å². The highest BCUT2D eigenvalue weighted by Crippen LogP contribution is 2.27. The molecule has 1 fully saturated rings. The topological polar surface area (TPSA) is 283 Å². The molecule has 0 saturated carbocycles. The lowest BCUT2D eigenvalue weighted by atomic mass is 10.1. The second-order valence-electron chi connectivity index (χ2n) is 12.9. The number of hydrogen-bond donors (Lipinski definition) is 9. The Morgan fingerprint density at radius 2 is 1.77 bits per heavy atom. The number of aliphatic hydroxyl groups is 1. The molecule has 2 aromatic heterocycles. The Morgan fingerprint density at radius 3 is 2.44 bits per heavy atom. The van der Waals surface area contributed by atoms with E-state index in [1.807, 2.05) is 18.2 Å². The summed E-state index contributed by atoms with van der Waals surface area (Å²) in [6, 6.07) is 0.457. The summed E-state index contributed by atoms with van der Waals surface area (Å²) in [6.45, 7) is 5.61. The Balaban J connectivity index is 1.41. The maximum absolute atomic E-state index is 13.6. The Hall–Kier alpha value is -5.53. The Bertz CT molecular complexity index is 1920. The summed E-state index contributed by atoms with van der Waals surface area (Å²) < 4.78 is 6.87. The smallest absolute Gasteiger partial charge is 0.330 e. The number of ether oxygens (including phenoxy) is 1. The molecule has 1 aliphatic heterocycles. The number of para-hydroxylation sites is 1. The van der Waals surface area contributed by atoms with Gasteiger partial charge in [0, 0.05) is 55.3 Å². The number of amides is 5. The van der Waals surface area contributed by atoms with Crippen molar-refractivity contribution >= 4 is 40.6 Å². The molecular weight excluding hydrogens is 682 g/mol. The summed E-state index contributed by atoms with van der Waals surface area (Å²) >= 11 is 0. The number of carbonyl (C=O) groups is 5. The number of H-pyrrole nitrogens is 2. The predicted molar refractivity (Wildman–Crippen MR) is 186 cm³/mol. The number of aromatic nitrogens is 3. The van der Waals surface area contributed by atoms with Gasteiger partial charge in [-0.15, -0.1) is 0 Å². The lowest BCUT2D eigenvalue weighted by Gasteiger charge is -2.33. The number of likely N-dealkylation sites (N-methyl/N-ethyl adjacent to an activating group) is 1. The van der Waals surface area contributed by atoms with E-state index in [-0.39, 0.29) is 24.9 Å². The first-order chi connectivity index (χ1) is 24.5. The molecule has 1 aromatic carbocycles. The van der Waals surface area contributed by atoms with Gasteiger partial charge < -0.3 is 51.8 Å². The minimum atomic E-state index is -1.38. The van der Waals surface area contributed by atoms with Crippen molar-refractivity contribution in [2.75, 3.05) is 13.6 Å². The van der Waals surface area contributed by atoms with Crippen molar-refractivity contribution in [3.05, 3.63) is 68.6 Å². The van der Waals surface area contributed by atoms with Gasteiger partial charge in [0.2, 0.25) is 17.7 Å². The van der Waals surface area contributed by atoms with Crippen LogP contribution >= 0.6 is 0 Å². The van der Waals surface area contributed by atoms with Crippen molar-refractivity contribution in [2.24, 2.45) is 5.73 Å². The van der Waals surface area contributed by atoms with Crippen LogP contribution in [0.3, 0.4) is 0 Å². The second kappa shape index (κ2) is 16.7. The van der Waals surface area contributed by atoms with Gasteiger partial charge in [0.25, 0.3) is 5.56 Å². The third kappa shape index (κ3) is 9.22. The first-order valence-corrected chi connectivity index (χ1v) is 16.6. The zero-order valence-corrected chi connectivity index (χ0v) is 29.3. The van der Waals surface area contributed by atoms with Crippen molar-refractivity contribution in [3.63, 3.8) is 0 Å². The number of fused-ring (bicyclic) bond motifs is 1. The average molecular weight is 728 g/mol. The van der Waals surface area contributed by atoms with E-state index < -0.39 is 89.6 Å². The highest BCUT2D eigenvalue weighted by molar-refractivity contribution is 5.93. The molecule has 0 spiro atoms. The molecule has 3 unspecified atom stereocenters. The number of aromatic amines is 2. The van der Waals surface area contributed by atoms with Crippen LogP contribution < -0.4 is 38.2 Å². The van der Waals surface area contributed by atoms with Gasteiger partial charge in [-0.05, 0) is 39.3 Å². The van der Waals surface area contributed by atoms with Crippen LogP contribution in [0.5, 0.6) is 0 Å². The minimum Gasteiger partial charge on any atom is -0.480 e. The minimum absolute atomic E-state index is 0.0128. The molecule has 282 valence electrons. The number of benzene rings is 1. The summed E-state index contributed by atoms with van der Waals surface area (Å²) in [7, 11) is 1.41. The summed E-state index contributed by atoms with van der Waals surface area (Å²) in [5, 5.41) is 31.1. The number of nitrogens with zero attached hydrogens (tertiary/aromatic N) is 2. The third-order valence-electron chi connectivity index (χ3n) is 8.94. The van der Waals surface area contributed by atoms with Crippen LogP contribution in [-0.2, 0) is 30.3 Å². The fourth-order valence-corrected chi connectivity index (χ4v) is 5.82. The van der Waals surface area contributed by atoms with Crippen molar-refractivity contribution in [1.29, 1.82) is 0 Å². The van der Waals surface area contributed by atoms with Crippen LogP contribution in [-0.4, -0.2) is 115 Å². The van der Waals surface area contributed by atoms with Gasteiger partial charge >= 0.3 is 17.7 Å². The molecule has 1 saturated heterocycles. The standard InChI is InChI=1S/C33H45N9O10/c1-15-14-42(33(51)40-26(15)44)30-24(43)11-20(52-30)13-36-28(46)25(18(4)41(5)29(47)16(2)34)39-27(45)17(3)37-32(50)38-23(31(48)49)10-19-12-35-22-9-7-6-8-21(19)22/h6-9,12,14,16-18,20,23-25,30,35,43H,10-11,13,34H2,1-5H3,(H,36,46)(H,39,45)(H,48,49)(H2,37,38,50)(H,40,44,51)/t16-,17-,18-,20?,23-,24?,25-,30?/m0/s1. The van der Waals surface area contributed by atoms with E-state index in [2.05, 4.69) is 31.2 Å².